The van der Waals surface area contributed by atoms with Gasteiger partial charge < -0.3 is 20.3 Å². The van der Waals surface area contributed by atoms with Crippen molar-refractivity contribution in [2.24, 2.45) is 9.98 Å². The van der Waals surface area contributed by atoms with Gasteiger partial charge in [-0.2, -0.15) is 10.1 Å². The summed E-state index contributed by atoms with van der Waals surface area (Å²) in [5.74, 6) is -1.88. The van der Waals surface area contributed by atoms with E-state index in [2.05, 4.69) is 20.6 Å². The zero-order valence-corrected chi connectivity index (χ0v) is 36.0. The van der Waals surface area contributed by atoms with E-state index >= 15 is 0 Å². The number of nitrogens with one attached hydrogen (secondary N) is 2. The molecule has 62 heavy (non-hydrogen) atoms. The van der Waals surface area contributed by atoms with E-state index in [-0.39, 0.29) is 36.5 Å². The minimum Gasteiger partial charge on any atom is -0.327 e. The first-order valence-corrected chi connectivity index (χ1v) is 24.1. The third-order valence-electron chi connectivity index (χ3n) is 11.1. The van der Waals surface area contributed by atoms with Crippen molar-refractivity contribution in [2.45, 2.75) is 50.0 Å². The predicted octanol–water partition coefficient (Wildman–Crippen LogP) is 4.50. The highest BCUT2D eigenvalue weighted by Gasteiger charge is 2.31. The molecule has 326 valence electrons. The van der Waals surface area contributed by atoms with Gasteiger partial charge in [-0.3, -0.25) is 0 Å². The smallest absolute Gasteiger partial charge is 0.327 e. The predicted molar refractivity (Wildman–Crippen MR) is 236 cm³/mol. The normalized spacial score (nSPS) is 17.2. The van der Waals surface area contributed by atoms with Gasteiger partial charge in [0.05, 0.1) is 37.7 Å². The van der Waals surface area contributed by atoms with Gasteiger partial charge in [0.2, 0.25) is 32.0 Å². The van der Waals surface area contributed by atoms with Gasteiger partial charge in [0.25, 0.3) is 0 Å². The highest BCUT2D eigenvalue weighted by atomic mass is 32.2. The third kappa shape index (κ3) is 11.0. The van der Waals surface area contributed by atoms with Gasteiger partial charge in [-0.05, 0) is 96.2 Å². The van der Waals surface area contributed by atoms with Crippen LogP contribution in [0.2, 0.25) is 0 Å². The second-order valence-corrected chi connectivity index (χ2v) is 19.7. The Morgan fingerprint density at radius 3 is 1.11 bits per heavy atom. The van der Waals surface area contributed by atoms with Crippen LogP contribution in [0.25, 0.3) is 0 Å². The Labute approximate surface area is 362 Å². The Bertz CT molecular complexity index is 2330. The molecule has 16 nitrogen and oxygen atoms in total. The van der Waals surface area contributed by atoms with Crippen molar-refractivity contribution in [2.75, 3.05) is 63.0 Å². The minimum atomic E-state index is -3.30. The summed E-state index contributed by atoms with van der Waals surface area (Å²) >= 11 is 0. The lowest BCUT2D eigenvalue weighted by Gasteiger charge is -2.21. The van der Waals surface area contributed by atoms with Crippen molar-refractivity contribution in [3.63, 3.8) is 0 Å². The SMILES string of the molecule is O=C(ON1CCN=C1Nc1ccc(Cc2ccc(CS(=O)(=O)N3CCCC3)cc2)cc1)C(=O)ON1CCN=C1Nc1ccc(Cc2ccc(CS(=O)(=O)N3CCCC3)cc2)cc1. The topological polar surface area (TPSA) is 183 Å². The summed E-state index contributed by atoms with van der Waals surface area (Å²) in [7, 11) is -6.60. The number of carbonyl (C=O) groups is 2. The van der Waals surface area contributed by atoms with Gasteiger partial charge in [-0.25, -0.2) is 45.0 Å². The van der Waals surface area contributed by atoms with E-state index in [4.69, 9.17) is 9.68 Å². The molecule has 0 radical (unpaired) electrons. The molecule has 0 spiro atoms. The lowest BCUT2D eigenvalue weighted by molar-refractivity contribution is -0.198. The molecule has 8 rings (SSSR count). The lowest BCUT2D eigenvalue weighted by atomic mass is 10.0. The number of hydrogen-bond acceptors (Lipinski definition) is 14. The molecule has 0 aromatic heterocycles. The molecule has 4 aromatic rings. The number of benzene rings is 4. The number of guanidine groups is 2. The summed E-state index contributed by atoms with van der Waals surface area (Å²) in [6, 6.07) is 30.7. The molecule has 0 bridgehead atoms. The molecule has 4 heterocycles. The second kappa shape index (κ2) is 19.1. The first-order valence-electron chi connectivity index (χ1n) is 20.9. The number of hydrogen-bond donors (Lipinski definition) is 2. The van der Waals surface area contributed by atoms with Crippen molar-refractivity contribution in [1.29, 1.82) is 0 Å². The number of nitrogens with zero attached hydrogens (tertiary/aromatic N) is 6. The summed E-state index contributed by atoms with van der Waals surface area (Å²) in [5, 5.41) is 8.73. The lowest BCUT2D eigenvalue weighted by Crippen LogP contribution is -2.41. The molecule has 0 unspecified atom stereocenters. The van der Waals surface area contributed by atoms with Crippen molar-refractivity contribution in [3.8, 4) is 0 Å². The molecule has 2 saturated heterocycles. The number of anilines is 2. The molecule has 2 N–H and O–H groups in total. The van der Waals surface area contributed by atoms with Gasteiger partial charge in [0, 0.05) is 37.6 Å². The minimum absolute atomic E-state index is 0.00619. The zero-order chi connectivity index (χ0) is 43.1. The Balaban J connectivity index is 0.771. The highest BCUT2D eigenvalue weighted by Crippen LogP contribution is 2.22. The van der Waals surface area contributed by atoms with E-state index in [0.717, 1.165) is 59.1 Å². The van der Waals surface area contributed by atoms with Crippen LogP contribution in [0, 0.1) is 0 Å². The van der Waals surface area contributed by atoms with Crippen LogP contribution in [0.4, 0.5) is 11.4 Å². The van der Waals surface area contributed by atoms with Crippen molar-refractivity contribution < 1.29 is 36.1 Å². The Morgan fingerprint density at radius 1 is 0.468 bits per heavy atom. The molecule has 2 fully saturated rings. The van der Waals surface area contributed by atoms with Crippen LogP contribution in [-0.4, -0.2) is 112 Å². The van der Waals surface area contributed by atoms with E-state index in [9.17, 15) is 26.4 Å². The number of rotatable bonds is 14. The van der Waals surface area contributed by atoms with E-state index in [0.29, 0.717) is 63.5 Å². The average Bonchev–Trinajstić information content (AvgIpc) is 4.12. The van der Waals surface area contributed by atoms with Crippen molar-refractivity contribution in [3.05, 3.63) is 130 Å². The maximum absolute atomic E-state index is 12.9. The van der Waals surface area contributed by atoms with Gasteiger partial charge in [0.15, 0.2) is 0 Å². The molecular weight excluding hydrogens is 833 g/mol. The van der Waals surface area contributed by atoms with Crippen LogP contribution >= 0.6 is 0 Å². The quantitative estimate of drug-likeness (QED) is 0.170. The van der Waals surface area contributed by atoms with Crippen molar-refractivity contribution in [1.82, 2.24) is 18.7 Å². The molecule has 0 amide bonds. The average molecular weight is 883 g/mol. The Morgan fingerprint density at radius 2 is 0.774 bits per heavy atom. The molecular formula is C44H50N8O8S2. The Hall–Kier alpha value is -5.82. The van der Waals surface area contributed by atoms with E-state index in [1.165, 1.54) is 10.1 Å². The van der Waals surface area contributed by atoms with Crippen LogP contribution in [0.15, 0.2) is 107 Å². The van der Waals surface area contributed by atoms with E-state index in [1.807, 2.05) is 97.1 Å². The fourth-order valence-electron chi connectivity index (χ4n) is 7.70. The first kappa shape index (κ1) is 42.9. The first-order chi connectivity index (χ1) is 30.0. The molecule has 4 aliphatic heterocycles. The van der Waals surface area contributed by atoms with Crippen LogP contribution in [0.5, 0.6) is 0 Å². The molecule has 0 saturated carbocycles. The second-order valence-electron chi connectivity index (χ2n) is 15.7. The van der Waals surface area contributed by atoms with Crippen LogP contribution in [0.3, 0.4) is 0 Å². The standard InChI is InChI=1S/C44H50N8O8S2/c53-41(59-51-27-21-45-43(51)47-39-17-13-35(14-18-39)29-33-5-9-37(10-6-33)31-61(55,56)49-23-1-2-24-49)42(54)60-52-28-22-46-44(52)48-40-19-15-36(16-20-40)30-34-7-11-38(12-8-34)32-62(57,58)50-25-3-4-26-50/h5-20H,1-4,21-32H2,(H,45,47)(H,46,48). The van der Waals surface area contributed by atoms with Gasteiger partial charge in [-0.1, -0.05) is 72.8 Å². The van der Waals surface area contributed by atoms with Crippen LogP contribution in [0.1, 0.15) is 59.1 Å². The maximum atomic E-state index is 12.9. The maximum Gasteiger partial charge on any atom is 0.444 e. The van der Waals surface area contributed by atoms with Crippen LogP contribution in [-0.2, 0) is 63.7 Å². The fraction of sp³-hybridized carbons (Fsp3) is 0.364. The van der Waals surface area contributed by atoms with Gasteiger partial charge in [0.1, 0.15) is 0 Å². The van der Waals surface area contributed by atoms with Crippen LogP contribution < -0.4 is 10.6 Å². The number of aliphatic imine (C=N–C) groups is 2. The molecule has 4 aliphatic rings. The Kier molecular flexibility index (Phi) is 13.2. The summed E-state index contributed by atoms with van der Waals surface area (Å²) in [6.45, 7) is 3.59. The summed E-state index contributed by atoms with van der Waals surface area (Å²) in [5.41, 5.74) is 7.14. The molecule has 18 heteroatoms. The van der Waals surface area contributed by atoms with E-state index < -0.39 is 32.0 Å². The largest absolute Gasteiger partial charge is 0.444 e. The number of carbonyl (C=O) groups excluding carboxylic acids is 2. The van der Waals surface area contributed by atoms with Crippen molar-refractivity contribution >= 4 is 55.3 Å². The summed E-state index contributed by atoms with van der Waals surface area (Å²) < 4.78 is 53.9. The third-order valence-corrected chi connectivity index (χ3v) is 14.8. The van der Waals surface area contributed by atoms with E-state index in [1.54, 1.807) is 8.61 Å². The number of hydroxylamine groups is 4. The monoisotopic (exact) mass is 882 g/mol. The number of sulfonamides is 2. The highest BCUT2D eigenvalue weighted by molar-refractivity contribution is 7.88. The molecule has 0 atom stereocenters. The summed E-state index contributed by atoms with van der Waals surface area (Å²) in [6.07, 6.45) is 4.97. The van der Waals surface area contributed by atoms with Gasteiger partial charge in [-0.15, -0.1) is 0 Å². The molecule has 4 aromatic carbocycles. The molecule has 0 aliphatic carbocycles. The van der Waals surface area contributed by atoms with Gasteiger partial charge >= 0.3 is 11.9 Å². The summed E-state index contributed by atoms with van der Waals surface area (Å²) in [4.78, 5) is 45.3. The fourth-order valence-corrected chi connectivity index (χ4v) is 10.9. The zero-order valence-electron chi connectivity index (χ0n) is 34.3.